The molecule has 4 atom stereocenters. The summed E-state index contributed by atoms with van der Waals surface area (Å²) in [5.41, 5.74) is 1.28. The Hall–Kier alpha value is -1.88. The molecule has 28 heavy (non-hydrogen) atoms. The molecule has 0 radical (unpaired) electrons. The van der Waals surface area contributed by atoms with Crippen molar-refractivity contribution in [1.82, 2.24) is 15.1 Å². The summed E-state index contributed by atoms with van der Waals surface area (Å²) in [6.45, 7) is 4.32. The van der Waals surface area contributed by atoms with Crippen LogP contribution in [0.3, 0.4) is 0 Å². The van der Waals surface area contributed by atoms with Crippen LogP contribution in [-0.2, 0) is 9.59 Å². The van der Waals surface area contributed by atoms with Crippen molar-refractivity contribution >= 4 is 11.8 Å². The minimum atomic E-state index is 0.118. The Morgan fingerprint density at radius 2 is 1.68 bits per heavy atom. The number of likely N-dealkylation sites (tertiary alicyclic amines) is 2. The van der Waals surface area contributed by atoms with Gasteiger partial charge in [-0.05, 0) is 49.5 Å². The fourth-order valence-corrected chi connectivity index (χ4v) is 5.19. The lowest BCUT2D eigenvalue weighted by Gasteiger charge is -2.26. The quantitative estimate of drug-likeness (QED) is 0.851. The number of carbonyl (C=O) groups is 2. The largest absolute Gasteiger partial charge is 0.352 e. The molecule has 2 unspecified atom stereocenters. The maximum Gasteiger partial charge on any atom is 0.236 e. The van der Waals surface area contributed by atoms with E-state index in [9.17, 15) is 9.59 Å². The van der Waals surface area contributed by atoms with Crippen molar-refractivity contribution in [3.05, 3.63) is 35.9 Å². The SMILES string of the molecule is O=C(N[C@@H]1CCN(C(=O)CN2CC3CC3C2)CC[C@H]1c1ccccc1)C1CC1. The molecule has 4 fully saturated rings. The average molecular weight is 382 g/mol. The number of hydrogen-bond donors (Lipinski definition) is 1. The van der Waals surface area contributed by atoms with Crippen LogP contribution in [0.2, 0.25) is 0 Å². The molecule has 150 valence electrons. The molecule has 5 nitrogen and oxygen atoms in total. The molecule has 1 aromatic carbocycles. The van der Waals surface area contributed by atoms with Gasteiger partial charge in [0.15, 0.2) is 0 Å². The summed E-state index contributed by atoms with van der Waals surface area (Å²) >= 11 is 0. The van der Waals surface area contributed by atoms with Crippen molar-refractivity contribution in [2.45, 2.75) is 44.1 Å². The first-order valence-corrected chi connectivity index (χ1v) is 11.0. The molecule has 2 saturated heterocycles. The summed E-state index contributed by atoms with van der Waals surface area (Å²) in [4.78, 5) is 29.7. The summed E-state index contributed by atoms with van der Waals surface area (Å²) < 4.78 is 0. The smallest absolute Gasteiger partial charge is 0.236 e. The summed E-state index contributed by atoms with van der Waals surface area (Å²) in [5.74, 6) is 2.70. The van der Waals surface area contributed by atoms with Gasteiger partial charge in [-0.25, -0.2) is 0 Å². The summed E-state index contributed by atoms with van der Waals surface area (Å²) in [6, 6.07) is 10.6. The van der Waals surface area contributed by atoms with Gasteiger partial charge in [0.05, 0.1) is 6.54 Å². The second kappa shape index (κ2) is 7.51. The highest BCUT2D eigenvalue weighted by Crippen LogP contribution is 2.44. The topological polar surface area (TPSA) is 52.7 Å². The van der Waals surface area contributed by atoms with Crippen molar-refractivity contribution in [3.63, 3.8) is 0 Å². The van der Waals surface area contributed by atoms with E-state index < -0.39 is 0 Å². The van der Waals surface area contributed by atoms with Crippen molar-refractivity contribution in [2.75, 3.05) is 32.7 Å². The molecular weight excluding hydrogens is 350 g/mol. The van der Waals surface area contributed by atoms with Gasteiger partial charge in [-0.1, -0.05) is 30.3 Å². The Kier molecular flexibility index (Phi) is 4.87. The number of amides is 2. The van der Waals surface area contributed by atoms with Crippen molar-refractivity contribution in [1.29, 1.82) is 0 Å². The van der Waals surface area contributed by atoms with Crippen LogP contribution in [0.25, 0.3) is 0 Å². The third-order valence-corrected chi connectivity index (χ3v) is 7.18. The zero-order valence-corrected chi connectivity index (χ0v) is 16.6. The van der Waals surface area contributed by atoms with E-state index in [0.29, 0.717) is 6.54 Å². The van der Waals surface area contributed by atoms with Crippen LogP contribution in [0.1, 0.15) is 43.6 Å². The second-order valence-corrected chi connectivity index (χ2v) is 9.31. The number of benzene rings is 1. The first kappa shape index (κ1) is 18.2. The molecule has 0 bridgehead atoms. The molecule has 2 heterocycles. The molecule has 0 spiro atoms. The van der Waals surface area contributed by atoms with Crippen molar-refractivity contribution < 1.29 is 9.59 Å². The van der Waals surface area contributed by atoms with E-state index in [1.54, 1.807) is 0 Å². The molecule has 5 heteroatoms. The number of piperidine rings is 1. The summed E-state index contributed by atoms with van der Waals surface area (Å²) in [6.07, 6.45) is 5.18. The van der Waals surface area contributed by atoms with Gasteiger partial charge < -0.3 is 10.2 Å². The van der Waals surface area contributed by atoms with Crippen molar-refractivity contribution in [2.24, 2.45) is 17.8 Å². The van der Waals surface area contributed by atoms with E-state index in [1.165, 1.54) is 12.0 Å². The normalized spacial score (nSPS) is 32.5. The Bertz CT molecular complexity index is 723. The minimum absolute atomic E-state index is 0.118. The van der Waals surface area contributed by atoms with Crippen LogP contribution in [0.5, 0.6) is 0 Å². The van der Waals surface area contributed by atoms with Crippen LogP contribution in [0, 0.1) is 17.8 Å². The Morgan fingerprint density at radius 3 is 2.39 bits per heavy atom. The summed E-state index contributed by atoms with van der Waals surface area (Å²) in [7, 11) is 0. The lowest BCUT2D eigenvalue weighted by atomic mass is 9.87. The van der Waals surface area contributed by atoms with E-state index in [1.807, 2.05) is 11.0 Å². The highest BCUT2D eigenvalue weighted by molar-refractivity contribution is 5.81. The maximum atomic E-state index is 12.9. The monoisotopic (exact) mass is 381 g/mol. The summed E-state index contributed by atoms with van der Waals surface area (Å²) in [5, 5.41) is 3.33. The van der Waals surface area contributed by atoms with Gasteiger partial charge in [0, 0.05) is 44.1 Å². The van der Waals surface area contributed by atoms with E-state index in [-0.39, 0.29) is 29.7 Å². The van der Waals surface area contributed by atoms with Crippen LogP contribution in [0.4, 0.5) is 0 Å². The predicted octanol–water partition coefficient (Wildman–Crippen LogP) is 2.24. The molecule has 2 aliphatic carbocycles. The average Bonchev–Trinajstić information content (AvgIpc) is 3.61. The van der Waals surface area contributed by atoms with Crippen LogP contribution in [0.15, 0.2) is 30.3 Å². The Morgan fingerprint density at radius 1 is 0.964 bits per heavy atom. The molecular formula is C23H31N3O2. The predicted molar refractivity (Wildman–Crippen MR) is 108 cm³/mol. The standard InChI is InChI=1S/C23H31N3O2/c27-22(15-25-13-18-12-19(18)14-25)26-10-8-20(16-4-2-1-3-5-16)21(9-11-26)24-23(28)17-6-7-17/h1-5,17-21H,6-15H2,(H,24,28)/t18?,19?,20-,21+/m0/s1. The number of nitrogens with zero attached hydrogens (tertiary/aromatic N) is 2. The van der Waals surface area contributed by atoms with E-state index in [2.05, 4.69) is 34.5 Å². The Labute approximate surface area is 167 Å². The molecule has 0 aromatic heterocycles. The number of carbonyl (C=O) groups excluding carboxylic acids is 2. The van der Waals surface area contributed by atoms with Gasteiger partial charge in [-0.3, -0.25) is 14.5 Å². The van der Waals surface area contributed by atoms with Gasteiger partial charge in [0.25, 0.3) is 0 Å². The van der Waals surface area contributed by atoms with E-state index in [0.717, 1.165) is 63.7 Å². The third kappa shape index (κ3) is 3.95. The maximum absolute atomic E-state index is 12.9. The first-order valence-electron chi connectivity index (χ1n) is 11.0. The minimum Gasteiger partial charge on any atom is -0.352 e. The van der Waals surface area contributed by atoms with E-state index in [4.69, 9.17) is 0 Å². The Balaban J connectivity index is 1.25. The molecule has 2 saturated carbocycles. The fraction of sp³-hybridized carbons (Fsp3) is 0.652. The fourth-order valence-electron chi connectivity index (χ4n) is 5.19. The van der Waals surface area contributed by atoms with Gasteiger partial charge in [-0.15, -0.1) is 0 Å². The number of hydrogen-bond acceptors (Lipinski definition) is 3. The lowest BCUT2D eigenvalue weighted by Crippen LogP contribution is -2.42. The lowest BCUT2D eigenvalue weighted by molar-refractivity contribution is -0.132. The van der Waals surface area contributed by atoms with Gasteiger partial charge in [-0.2, -0.15) is 0 Å². The van der Waals surface area contributed by atoms with Crippen LogP contribution in [-0.4, -0.2) is 60.4 Å². The number of rotatable bonds is 5. The number of fused-ring (bicyclic) bond motifs is 1. The third-order valence-electron chi connectivity index (χ3n) is 7.18. The van der Waals surface area contributed by atoms with Crippen LogP contribution >= 0.6 is 0 Å². The second-order valence-electron chi connectivity index (χ2n) is 9.31. The van der Waals surface area contributed by atoms with E-state index >= 15 is 0 Å². The highest BCUT2D eigenvalue weighted by Gasteiger charge is 2.45. The first-order chi connectivity index (χ1) is 13.7. The van der Waals surface area contributed by atoms with Gasteiger partial charge >= 0.3 is 0 Å². The zero-order chi connectivity index (χ0) is 19.1. The highest BCUT2D eigenvalue weighted by atomic mass is 16.2. The zero-order valence-electron chi connectivity index (χ0n) is 16.6. The molecule has 4 aliphatic rings. The molecule has 1 aromatic rings. The van der Waals surface area contributed by atoms with Crippen molar-refractivity contribution in [3.8, 4) is 0 Å². The number of nitrogens with one attached hydrogen (secondary N) is 1. The molecule has 2 amide bonds. The molecule has 5 rings (SSSR count). The van der Waals surface area contributed by atoms with Gasteiger partial charge in [0.1, 0.15) is 0 Å². The molecule has 1 N–H and O–H groups in total. The molecule has 2 aliphatic heterocycles. The van der Waals surface area contributed by atoms with Gasteiger partial charge in [0.2, 0.25) is 11.8 Å². The van der Waals surface area contributed by atoms with Crippen LogP contribution < -0.4 is 5.32 Å².